The second-order valence-electron chi connectivity index (χ2n) is 4.25. The van der Waals surface area contributed by atoms with Gasteiger partial charge in [0.05, 0.1) is 23.2 Å². The molecule has 0 amide bonds. The summed E-state index contributed by atoms with van der Waals surface area (Å²) < 4.78 is 29.0. The van der Waals surface area contributed by atoms with Gasteiger partial charge in [0.1, 0.15) is 0 Å². The second-order valence-corrected chi connectivity index (χ2v) is 6.29. The van der Waals surface area contributed by atoms with Crippen molar-refractivity contribution in [3.63, 3.8) is 0 Å². The predicted octanol–water partition coefficient (Wildman–Crippen LogP) is 1.97. The van der Waals surface area contributed by atoms with Gasteiger partial charge in [0.2, 0.25) is 0 Å². The number of ether oxygens (including phenoxy) is 1. The van der Waals surface area contributed by atoms with Crippen LogP contribution in [0.2, 0.25) is 0 Å². The van der Waals surface area contributed by atoms with E-state index in [-0.39, 0.29) is 17.3 Å². The first kappa shape index (κ1) is 14.7. The molecule has 0 radical (unpaired) electrons. The molecule has 0 aromatic heterocycles. The number of aryl methyl sites for hydroxylation is 1. The van der Waals surface area contributed by atoms with Crippen molar-refractivity contribution in [2.24, 2.45) is 5.92 Å². The van der Waals surface area contributed by atoms with Crippen LogP contribution < -0.4 is 0 Å². The van der Waals surface area contributed by atoms with Crippen molar-refractivity contribution < 1.29 is 17.9 Å². The molecule has 0 saturated heterocycles. The Hall–Kier alpha value is -1.36. The summed E-state index contributed by atoms with van der Waals surface area (Å²) in [4.78, 5) is 11.7. The summed E-state index contributed by atoms with van der Waals surface area (Å²) in [6.45, 7) is 5.34. The smallest absolute Gasteiger partial charge is 0.309 e. The van der Waals surface area contributed by atoms with Gasteiger partial charge in [0, 0.05) is 0 Å². The monoisotopic (exact) mass is 270 g/mol. The van der Waals surface area contributed by atoms with Crippen LogP contribution in [0.5, 0.6) is 0 Å². The zero-order valence-corrected chi connectivity index (χ0v) is 11.7. The average molecular weight is 270 g/mol. The highest BCUT2D eigenvalue weighted by molar-refractivity contribution is 7.91. The normalized spacial score (nSPS) is 13.1. The topological polar surface area (TPSA) is 60.4 Å². The Kier molecular flexibility index (Phi) is 4.90. The van der Waals surface area contributed by atoms with Crippen LogP contribution in [-0.4, -0.2) is 26.7 Å². The molecule has 1 aromatic rings. The molecule has 0 spiro atoms. The minimum absolute atomic E-state index is 0.227. The van der Waals surface area contributed by atoms with E-state index in [1.165, 1.54) is 0 Å². The number of hydrogen-bond acceptors (Lipinski definition) is 4. The fourth-order valence-corrected chi connectivity index (χ4v) is 3.22. The number of esters is 1. The maximum absolute atomic E-state index is 12.1. The third-order valence-corrected chi connectivity index (χ3v) is 4.42. The van der Waals surface area contributed by atoms with Gasteiger partial charge >= 0.3 is 5.97 Å². The molecule has 0 aliphatic carbocycles. The number of hydrogen-bond donors (Lipinski definition) is 0. The lowest BCUT2D eigenvalue weighted by Crippen LogP contribution is -2.23. The minimum Gasteiger partial charge on any atom is -0.466 e. The lowest BCUT2D eigenvalue weighted by atomic mass is 10.2. The van der Waals surface area contributed by atoms with Crippen molar-refractivity contribution >= 4 is 15.8 Å². The van der Waals surface area contributed by atoms with E-state index < -0.39 is 21.7 Å². The molecule has 1 rings (SSSR count). The second kappa shape index (κ2) is 6.00. The van der Waals surface area contributed by atoms with Gasteiger partial charge in [-0.25, -0.2) is 8.42 Å². The first-order valence-electron chi connectivity index (χ1n) is 5.83. The molecule has 1 unspecified atom stereocenters. The SMILES string of the molecule is CCOC(=O)C(C)CS(=O)(=O)c1cccc(C)c1. The molecule has 0 aliphatic heterocycles. The van der Waals surface area contributed by atoms with Gasteiger partial charge in [-0.3, -0.25) is 4.79 Å². The van der Waals surface area contributed by atoms with Crippen LogP contribution in [0.3, 0.4) is 0 Å². The van der Waals surface area contributed by atoms with Crippen LogP contribution >= 0.6 is 0 Å². The summed E-state index contributed by atoms with van der Waals surface area (Å²) in [6, 6.07) is 6.67. The highest BCUT2D eigenvalue weighted by Gasteiger charge is 2.24. The Morgan fingerprint density at radius 3 is 2.61 bits per heavy atom. The van der Waals surface area contributed by atoms with Crippen LogP contribution in [0.4, 0.5) is 0 Å². The summed E-state index contributed by atoms with van der Waals surface area (Å²) >= 11 is 0. The van der Waals surface area contributed by atoms with Crippen molar-refractivity contribution in [3.8, 4) is 0 Å². The summed E-state index contributed by atoms with van der Waals surface area (Å²) in [7, 11) is -3.45. The number of rotatable bonds is 5. The maximum atomic E-state index is 12.1. The first-order valence-corrected chi connectivity index (χ1v) is 7.48. The van der Waals surface area contributed by atoms with E-state index in [9.17, 15) is 13.2 Å². The molecule has 0 bridgehead atoms. The van der Waals surface area contributed by atoms with Gasteiger partial charge in [-0.15, -0.1) is 0 Å². The quantitative estimate of drug-likeness (QED) is 0.767. The van der Waals surface area contributed by atoms with Gasteiger partial charge < -0.3 is 4.74 Å². The van der Waals surface area contributed by atoms with Crippen molar-refractivity contribution in [3.05, 3.63) is 29.8 Å². The maximum Gasteiger partial charge on any atom is 0.309 e. The van der Waals surface area contributed by atoms with E-state index in [1.807, 2.05) is 13.0 Å². The Balaban J connectivity index is 2.86. The molecule has 5 heteroatoms. The minimum atomic E-state index is -3.45. The molecule has 0 N–H and O–H groups in total. The molecular formula is C13H18O4S. The van der Waals surface area contributed by atoms with Crippen LogP contribution in [0.25, 0.3) is 0 Å². The standard InChI is InChI=1S/C13H18O4S/c1-4-17-13(14)11(3)9-18(15,16)12-7-5-6-10(2)8-12/h5-8,11H,4,9H2,1-3H3. The third kappa shape index (κ3) is 3.84. The Morgan fingerprint density at radius 1 is 1.39 bits per heavy atom. The molecule has 1 aromatic carbocycles. The van der Waals surface area contributed by atoms with E-state index in [2.05, 4.69) is 0 Å². The Bertz CT molecular complexity index is 520. The number of carbonyl (C=O) groups excluding carboxylic acids is 1. The fourth-order valence-electron chi connectivity index (χ4n) is 1.59. The molecular weight excluding hydrogens is 252 g/mol. The van der Waals surface area contributed by atoms with Gasteiger partial charge in [-0.1, -0.05) is 19.1 Å². The van der Waals surface area contributed by atoms with E-state index in [0.717, 1.165) is 5.56 Å². The van der Waals surface area contributed by atoms with Crippen molar-refractivity contribution in [1.29, 1.82) is 0 Å². The molecule has 18 heavy (non-hydrogen) atoms. The predicted molar refractivity (Wildman–Crippen MR) is 69.0 cm³/mol. The van der Waals surface area contributed by atoms with Gasteiger partial charge in [-0.05, 0) is 31.5 Å². The van der Waals surface area contributed by atoms with Crippen molar-refractivity contribution in [1.82, 2.24) is 0 Å². The van der Waals surface area contributed by atoms with E-state index in [4.69, 9.17) is 4.74 Å². The summed E-state index contributed by atoms with van der Waals surface area (Å²) in [5.74, 6) is -1.36. The van der Waals surface area contributed by atoms with E-state index >= 15 is 0 Å². The summed E-state index contributed by atoms with van der Waals surface area (Å²) in [5.41, 5.74) is 0.875. The van der Waals surface area contributed by atoms with Gasteiger partial charge in [0.25, 0.3) is 0 Å². The molecule has 0 aliphatic rings. The Labute approximate surface area is 108 Å². The Morgan fingerprint density at radius 2 is 2.06 bits per heavy atom. The van der Waals surface area contributed by atoms with Crippen molar-refractivity contribution in [2.45, 2.75) is 25.7 Å². The third-order valence-electron chi connectivity index (χ3n) is 2.51. The molecule has 0 fully saturated rings. The molecule has 1 atom stereocenters. The van der Waals surface area contributed by atoms with E-state index in [1.54, 1.807) is 32.0 Å². The highest BCUT2D eigenvalue weighted by Crippen LogP contribution is 2.16. The first-order chi connectivity index (χ1) is 8.36. The molecule has 4 nitrogen and oxygen atoms in total. The zero-order chi connectivity index (χ0) is 13.8. The number of sulfone groups is 1. The van der Waals surface area contributed by atoms with Crippen LogP contribution in [0, 0.1) is 12.8 Å². The molecule has 100 valence electrons. The van der Waals surface area contributed by atoms with Crippen LogP contribution in [-0.2, 0) is 19.4 Å². The summed E-state index contributed by atoms with van der Waals surface area (Å²) in [5, 5.41) is 0. The van der Waals surface area contributed by atoms with Crippen LogP contribution in [0.15, 0.2) is 29.2 Å². The highest BCUT2D eigenvalue weighted by atomic mass is 32.2. The summed E-state index contributed by atoms with van der Waals surface area (Å²) in [6.07, 6.45) is 0. The molecule has 0 heterocycles. The zero-order valence-electron chi connectivity index (χ0n) is 10.8. The average Bonchev–Trinajstić information content (AvgIpc) is 2.28. The lowest BCUT2D eigenvalue weighted by Gasteiger charge is -2.11. The largest absolute Gasteiger partial charge is 0.466 e. The number of carbonyl (C=O) groups is 1. The fraction of sp³-hybridized carbons (Fsp3) is 0.462. The van der Waals surface area contributed by atoms with E-state index in [0.29, 0.717) is 0 Å². The lowest BCUT2D eigenvalue weighted by molar-refractivity contribution is -0.146. The van der Waals surface area contributed by atoms with Gasteiger partial charge in [-0.2, -0.15) is 0 Å². The molecule has 0 saturated carbocycles. The number of benzene rings is 1. The van der Waals surface area contributed by atoms with Crippen molar-refractivity contribution in [2.75, 3.05) is 12.4 Å². The van der Waals surface area contributed by atoms with Gasteiger partial charge in [0.15, 0.2) is 9.84 Å². The van der Waals surface area contributed by atoms with Crippen LogP contribution in [0.1, 0.15) is 19.4 Å².